The maximum absolute atomic E-state index is 11.9. The third-order valence-corrected chi connectivity index (χ3v) is 5.63. The number of sulfonamides is 1. The number of rotatable bonds is 5. The van der Waals surface area contributed by atoms with Crippen molar-refractivity contribution in [3.8, 4) is 0 Å². The molecule has 0 radical (unpaired) electrons. The highest BCUT2D eigenvalue weighted by Crippen LogP contribution is 2.38. The number of nitrogens with one attached hydrogen (secondary N) is 1. The van der Waals surface area contributed by atoms with E-state index in [9.17, 15) is 8.42 Å². The average molecular weight is 282 g/mol. The molecule has 3 nitrogen and oxygen atoms in total. The van der Waals surface area contributed by atoms with Gasteiger partial charge in [-0.1, -0.05) is 33.6 Å². The van der Waals surface area contributed by atoms with E-state index in [1.54, 1.807) is 0 Å². The van der Waals surface area contributed by atoms with Gasteiger partial charge in [-0.3, -0.25) is 0 Å². The highest BCUT2D eigenvalue weighted by atomic mass is 35.5. The number of hydrogen-bond donors (Lipinski definition) is 1. The molecule has 0 saturated heterocycles. The van der Waals surface area contributed by atoms with Gasteiger partial charge in [-0.25, -0.2) is 13.1 Å². The van der Waals surface area contributed by atoms with Gasteiger partial charge in [-0.2, -0.15) is 0 Å². The largest absolute Gasteiger partial charge is 0.215 e. The fourth-order valence-electron chi connectivity index (χ4n) is 2.37. The van der Waals surface area contributed by atoms with Crippen molar-refractivity contribution in [1.82, 2.24) is 4.72 Å². The van der Waals surface area contributed by atoms with Crippen LogP contribution in [0.4, 0.5) is 0 Å². The first-order chi connectivity index (χ1) is 7.68. The molecule has 17 heavy (non-hydrogen) atoms. The molecule has 1 aliphatic carbocycles. The Bertz CT molecular complexity index is 340. The van der Waals surface area contributed by atoms with E-state index in [4.69, 9.17) is 11.6 Å². The van der Waals surface area contributed by atoms with Crippen molar-refractivity contribution in [2.75, 3.05) is 18.2 Å². The van der Waals surface area contributed by atoms with Crippen LogP contribution in [0.15, 0.2) is 0 Å². The van der Waals surface area contributed by atoms with E-state index in [1.165, 1.54) is 0 Å². The lowest BCUT2D eigenvalue weighted by molar-refractivity contribution is 0.340. The molecule has 0 heterocycles. The van der Waals surface area contributed by atoms with E-state index >= 15 is 0 Å². The minimum Gasteiger partial charge on any atom is -0.215 e. The summed E-state index contributed by atoms with van der Waals surface area (Å²) in [5.41, 5.74) is -0.220. The van der Waals surface area contributed by atoms with Crippen molar-refractivity contribution in [3.05, 3.63) is 0 Å². The molecule has 0 aromatic carbocycles. The Hall–Kier alpha value is 0.200. The van der Waals surface area contributed by atoms with Gasteiger partial charge in [0, 0.05) is 12.4 Å². The first kappa shape index (κ1) is 15.3. The Morgan fingerprint density at radius 3 is 2.18 bits per heavy atom. The third-order valence-electron chi connectivity index (χ3n) is 3.24. The Kier molecular flexibility index (Phi) is 4.89. The van der Waals surface area contributed by atoms with Crippen LogP contribution < -0.4 is 4.72 Å². The Morgan fingerprint density at radius 1 is 1.24 bits per heavy atom. The zero-order valence-corrected chi connectivity index (χ0v) is 12.6. The SMILES string of the molecule is CC(C)(C)CS(=O)(=O)NCC1(CCl)CCCC1. The summed E-state index contributed by atoms with van der Waals surface area (Å²) < 4.78 is 26.6. The molecule has 1 rings (SSSR count). The summed E-state index contributed by atoms with van der Waals surface area (Å²) in [7, 11) is -3.18. The second-order valence-electron chi connectivity index (χ2n) is 6.48. The van der Waals surface area contributed by atoms with Gasteiger partial charge < -0.3 is 0 Å². The number of alkyl halides is 1. The fraction of sp³-hybridized carbons (Fsp3) is 1.00. The Morgan fingerprint density at radius 2 is 1.76 bits per heavy atom. The summed E-state index contributed by atoms with van der Waals surface area (Å²) in [5.74, 6) is 0.712. The van der Waals surface area contributed by atoms with E-state index in [0.29, 0.717) is 12.4 Å². The molecule has 1 aliphatic rings. The molecule has 0 atom stereocenters. The summed E-state index contributed by atoms with van der Waals surface area (Å²) in [6, 6.07) is 0. The molecule has 1 fully saturated rings. The normalized spacial score (nSPS) is 20.7. The lowest BCUT2D eigenvalue weighted by Crippen LogP contribution is -2.40. The van der Waals surface area contributed by atoms with Crippen LogP contribution in [0.5, 0.6) is 0 Å². The predicted octanol–water partition coefficient (Wildman–Crippen LogP) is 2.75. The minimum atomic E-state index is -3.18. The second kappa shape index (κ2) is 5.45. The summed E-state index contributed by atoms with van der Waals surface area (Å²) in [6.45, 7) is 6.28. The fourth-order valence-corrected chi connectivity index (χ4v) is 4.50. The molecule has 0 unspecified atom stereocenters. The van der Waals surface area contributed by atoms with Crippen LogP contribution in [0.3, 0.4) is 0 Å². The van der Waals surface area contributed by atoms with Crippen molar-refractivity contribution in [1.29, 1.82) is 0 Å². The molecule has 0 aliphatic heterocycles. The number of halogens is 1. The molecule has 1 N–H and O–H groups in total. The van der Waals surface area contributed by atoms with Gasteiger partial charge in [0.05, 0.1) is 5.75 Å². The molecule has 0 amide bonds. The van der Waals surface area contributed by atoms with Gasteiger partial charge in [0.25, 0.3) is 0 Å². The van der Waals surface area contributed by atoms with Crippen LogP contribution in [-0.2, 0) is 10.0 Å². The second-order valence-corrected chi connectivity index (χ2v) is 8.56. The van der Waals surface area contributed by atoms with Gasteiger partial charge in [-0.15, -0.1) is 11.6 Å². The highest BCUT2D eigenvalue weighted by molar-refractivity contribution is 7.89. The third kappa shape index (κ3) is 5.14. The van der Waals surface area contributed by atoms with Crippen molar-refractivity contribution in [2.45, 2.75) is 46.5 Å². The first-order valence-electron chi connectivity index (χ1n) is 6.21. The van der Waals surface area contributed by atoms with Crippen molar-refractivity contribution < 1.29 is 8.42 Å². The Labute approximate surface area is 110 Å². The molecule has 0 bridgehead atoms. The van der Waals surface area contributed by atoms with Crippen LogP contribution in [0.2, 0.25) is 0 Å². The zero-order valence-electron chi connectivity index (χ0n) is 11.1. The first-order valence-corrected chi connectivity index (χ1v) is 8.40. The maximum Gasteiger partial charge on any atom is 0.212 e. The smallest absolute Gasteiger partial charge is 0.212 e. The Balaban J connectivity index is 2.54. The van der Waals surface area contributed by atoms with Gasteiger partial charge in [0.1, 0.15) is 0 Å². The highest BCUT2D eigenvalue weighted by Gasteiger charge is 2.34. The lowest BCUT2D eigenvalue weighted by atomic mass is 9.89. The van der Waals surface area contributed by atoms with E-state index in [-0.39, 0.29) is 16.6 Å². The molecular weight excluding hydrogens is 258 g/mol. The van der Waals surface area contributed by atoms with E-state index < -0.39 is 10.0 Å². The summed E-state index contributed by atoms with van der Waals surface area (Å²) in [6.07, 6.45) is 4.39. The van der Waals surface area contributed by atoms with Crippen LogP contribution in [-0.4, -0.2) is 26.6 Å². The lowest BCUT2D eigenvalue weighted by Gasteiger charge is -2.27. The van der Waals surface area contributed by atoms with Crippen molar-refractivity contribution in [2.24, 2.45) is 10.8 Å². The zero-order chi connectivity index (χ0) is 13.2. The number of hydrogen-bond acceptors (Lipinski definition) is 2. The van der Waals surface area contributed by atoms with E-state index in [1.807, 2.05) is 20.8 Å². The van der Waals surface area contributed by atoms with Crippen molar-refractivity contribution >= 4 is 21.6 Å². The summed E-state index contributed by atoms with van der Waals surface area (Å²) in [4.78, 5) is 0. The molecule has 5 heteroatoms. The van der Waals surface area contributed by atoms with Gasteiger partial charge in [-0.05, 0) is 23.7 Å². The van der Waals surface area contributed by atoms with Crippen molar-refractivity contribution in [3.63, 3.8) is 0 Å². The monoisotopic (exact) mass is 281 g/mol. The molecule has 1 saturated carbocycles. The van der Waals surface area contributed by atoms with Gasteiger partial charge in [0.2, 0.25) is 10.0 Å². The quantitative estimate of drug-likeness (QED) is 0.788. The van der Waals surface area contributed by atoms with Gasteiger partial charge >= 0.3 is 0 Å². The predicted molar refractivity (Wildman–Crippen MR) is 72.9 cm³/mol. The molecule has 102 valence electrons. The van der Waals surface area contributed by atoms with Crippen LogP contribution in [0, 0.1) is 10.8 Å². The van der Waals surface area contributed by atoms with E-state index in [2.05, 4.69) is 4.72 Å². The average Bonchev–Trinajstić information content (AvgIpc) is 2.60. The van der Waals surface area contributed by atoms with Gasteiger partial charge in [0.15, 0.2) is 0 Å². The minimum absolute atomic E-state index is 0.00743. The molecule has 0 spiro atoms. The topological polar surface area (TPSA) is 46.2 Å². The molecule has 0 aromatic heterocycles. The maximum atomic E-state index is 11.9. The van der Waals surface area contributed by atoms with Crippen LogP contribution in [0.1, 0.15) is 46.5 Å². The molecule has 0 aromatic rings. The standard InChI is InChI=1S/C12H24ClNO2S/c1-11(2,3)10-17(15,16)14-9-12(8-13)6-4-5-7-12/h14H,4-10H2,1-3H3. The summed E-state index contributed by atoms with van der Waals surface area (Å²) >= 11 is 5.99. The van der Waals surface area contributed by atoms with Crippen LogP contribution in [0.25, 0.3) is 0 Å². The van der Waals surface area contributed by atoms with Crippen LogP contribution >= 0.6 is 11.6 Å². The summed E-state index contributed by atoms with van der Waals surface area (Å²) in [5, 5.41) is 0. The molecular formula is C12H24ClNO2S. The van der Waals surface area contributed by atoms with E-state index in [0.717, 1.165) is 25.7 Å².